The lowest BCUT2D eigenvalue weighted by Gasteiger charge is -2.08. The number of benzene rings is 2. The molecule has 0 heterocycles. The van der Waals surface area contributed by atoms with Gasteiger partial charge in [-0.2, -0.15) is 0 Å². The number of rotatable bonds is 5. The number of carbonyl (C=O) groups excluding carboxylic acids is 1. The summed E-state index contributed by atoms with van der Waals surface area (Å²) in [6.07, 6.45) is 0.545. The van der Waals surface area contributed by atoms with Crippen molar-refractivity contribution in [2.45, 2.75) is 6.42 Å². The topological polar surface area (TPSA) is 118 Å². The van der Waals surface area contributed by atoms with Crippen LogP contribution in [0.3, 0.4) is 0 Å². The van der Waals surface area contributed by atoms with E-state index in [-0.39, 0.29) is 23.5 Å². The van der Waals surface area contributed by atoms with Gasteiger partial charge in [0.25, 0.3) is 11.6 Å². The summed E-state index contributed by atoms with van der Waals surface area (Å²) >= 11 is 0. The lowest BCUT2D eigenvalue weighted by atomic mass is 10.1. The Hall–Kier alpha value is -2.93. The zero-order valence-electron chi connectivity index (χ0n) is 11.7. The number of amides is 1. The molecule has 7 nitrogen and oxygen atoms in total. The molecule has 0 aliphatic heterocycles. The number of non-ortho nitro benzene ring substituents is 1. The molecule has 7 heteroatoms. The molecule has 4 N–H and O–H groups in total. The van der Waals surface area contributed by atoms with Crippen molar-refractivity contribution in [2.75, 3.05) is 17.7 Å². The molecule has 0 unspecified atom stereocenters. The number of aliphatic hydroxyl groups is 1. The van der Waals surface area contributed by atoms with E-state index in [0.717, 1.165) is 11.6 Å². The molecule has 0 saturated carbocycles. The fourth-order valence-electron chi connectivity index (χ4n) is 1.95. The van der Waals surface area contributed by atoms with Crippen LogP contribution in [0.25, 0.3) is 0 Å². The van der Waals surface area contributed by atoms with Crippen LogP contribution in [-0.2, 0) is 6.42 Å². The molecule has 0 bridgehead atoms. The number of carbonyl (C=O) groups is 1. The summed E-state index contributed by atoms with van der Waals surface area (Å²) < 4.78 is 0. The first-order valence-corrected chi connectivity index (χ1v) is 6.56. The summed E-state index contributed by atoms with van der Waals surface area (Å²) in [5, 5.41) is 22.2. The summed E-state index contributed by atoms with van der Waals surface area (Å²) in [5.41, 5.74) is 7.26. The maximum Gasteiger partial charge on any atom is 0.271 e. The second-order valence-corrected chi connectivity index (χ2v) is 4.65. The number of nitrogens with two attached hydrogens (primary N) is 1. The number of nitro benzene ring substituents is 1. The number of nitrogens with one attached hydrogen (secondary N) is 1. The Morgan fingerprint density at radius 3 is 2.45 bits per heavy atom. The Bertz CT molecular complexity index is 698. The van der Waals surface area contributed by atoms with Crippen molar-refractivity contribution in [1.29, 1.82) is 0 Å². The zero-order chi connectivity index (χ0) is 16.1. The highest BCUT2D eigenvalue weighted by Crippen LogP contribution is 2.21. The Balaban J connectivity index is 2.13. The predicted molar refractivity (Wildman–Crippen MR) is 82.7 cm³/mol. The van der Waals surface area contributed by atoms with Crippen molar-refractivity contribution in [3.05, 3.63) is 63.7 Å². The third-order valence-electron chi connectivity index (χ3n) is 3.10. The molecule has 0 atom stereocenters. The van der Waals surface area contributed by atoms with Gasteiger partial charge in [0.1, 0.15) is 0 Å². The van der Waals surface area contributed by atoms with E-state index in [1.54, 1.807) is 24.3 Å². The number of hydrogen-bond acceptors (Lipinski definition) is 5. The van der Waals surface area contributed by atoms with Crippen LogP contribution in [0.1, 0.15) is 15.9 Å². The summed E-state index contributed by atoms with van der Waals surface area (Å²) in [5.74, 6) is -0.442. The fourth-order valence-corrected chi connectivity index (χ4v) is 1.95. The van der Waals surface area contributed by atoms with Gasteiger partial charge in [0.15, 0.2) is 0 Å². The number of hydrogen-bond donors (Lipinski definition) is 3. The highest BCUT2D eigenvalue weighted by atomic mass is 16.6. The normalized spacial score (nSPS) is 10.2. The van der Waals surface area contributed by atoms with E-state index in [2.05, 4.69) is 5.32 Å². The molecule has 0 aliphatic rings. The van der Waals surface area contributed by atoms with E-state index in [0.29, 0.717) is 12.1 Å². The summed E-state index contributed by atoms with van der Waals surface area (Å²) in [6, 6.07) is 10.7. The van der Waals surface area contributed by atoms with Crippen LogP contribution in [0.4, 0.5) is 17.1 Å². The second-order valence-electron chi connectivity index (χ2n) is 4.65. The number of nitro groups is 1. The maximum absolute atomic E-state index is 12.1. The minimum absolute atomic E-state index is 0.0450. The van der Waals surface area contributed by atoms with E-state index in [9.17, 15) is 14.9 Å². The van der Waals surface area contributed by atoms with Gasteiger partial charge in [-0.3, -0.25) is 14.9 Å². The Morgan fingerprint density at radius 1 is 1.23 bits per heavy atom. The van der Waals surface area contributed by atoms with Gasteiger partial charge in [-0.05, 0) is 30.2 Å². The first-order valence-electron chi connectivity index (χ1n) is 6.56. The molecular formula is C15H15N3O4. The second kappa shape index (κ2) is 6.68. The van der Waals surface area contributed by atoms with Gasteiger partial charge in [0, 0.05) is 24.4 Å². The van der Waals surface area contributed by atoms with E-state index < -0.39 is 10.8 Å². The lowest BCUT2D eigenvalue weighted by Crippen LogP contribution is -2.14. The first-order chi connectivity index (χ1) is 10.5. The first kappa shape index (κ1) is 15.5. The van der Waals surface area contributed by atoms with Gasteiger partial charge >= 0.3 is 0 Å². The van der Waals surface area contributed by atoms with Gasteiger partial charge < -0.3 is 16.2 Å². The molecule has 0 aliphatic carbocycles. The predicted octanol–water partition coefficient (Wildman–Crippen LogP) is 1.96. The molecule has 114 valence electrons. The fraction of sp³-hybridized carbons (Fsp3) is 0.133. The zero-order valence-corrected chi connectivity index (χ0v) is 11.7. The van der Waals surface area contributed by atoms with Crippen molar-refractivity contribution >= 4 is 23.0 Å². The standard InChI is InChI=1S/C15H15N3O4/c16-14-9-12(18(21)22)5-6-13(14)15(20)17-11-3-1-10(2-4-11)7-8-19/h1-6,9,19H,7-8,16H2,(H,17,20). The smallest absolute Gasteiger partial charge is 0.271 e. The summed E-state index contributed by atoms with van der Waals surface area (Å²) in [7, 11) is 0. The average molecular weight is 301 g/mol. The van der Waals surface area contributed by atoms with E-state index in [1.165, 1.54) is 12.1 Å². The van der Waals surface area contributed by atoms with Crippen molar-refractivity contribution in [2.24, 2.45) is 0 Å². The van der Waals surface area contributed by atoms with Gasteiger partial charge in [-0.1, -0.05) is 12.1 Å². The highest BCUT2D eigenvalue weighted by Gasteiger charge is 2.14. The molecule has 0 radical (unpaired) electrons. The van der Waals surface area contributed by atoms with Crippen LogP contribution in [0.2, 0.25) is 0 Å². The minimum Gasteiger partial charge on any atom is -0.398 e. The molecule has 22 heavy (non-hydrogen) atoms. The summed E-state index contributed by atoms with van der Waals surface area (Å²) in [6.45, 7) is 0.0605. The van der Waals surface area contributed by atoms with E-state index in [1.807, 2.05) is 0 Å². The van der Waals surface area contributed by atoms with Crippen molar-refractivity contribution < 1.29 is 14.8 Å². The lowest BCUT2D eigenvalue weighted by molar-refractivity contribution is -0.384. The van der Waals surface area contributed by atoms with Crippen molar-refractivity contribution in [1.82, 2.24) is 0 Å². The third-order valence-corrected chi connectivity index (χ3v) is 3.10. The highest BCUT2D eigenvalue weighted by molar-refractivity contribution is 6.07. The van der Waals surface area contributed by atoms with Gasteiger partial charge in [-0.25, -0.2) is 0 Å². The molecule has 0 saturated heterocycles. The number of aliphatic hydroxyl groups excluding tert-OH is 1. The van der Waals surface area contributed by atoms with Gasteiger partial charge in [-0.15, -0.1) is 0 Å². The number of anilines is 2. The van der Waals surface area contributed by atoms with Crippen LogP contribution in [0.15, 0.2) is 42.5 Å². The molecular weight excluding hydrogens is 286 g/mol. The quantitative estimate of drug-likeness (QED) is 0.443. The van der Waals surface area contributed by atoms with E-state index in [4.69, 9.17) is 10.8 Å². The van der Waals surface area contributed by atoms with Crippen molar-refractivity contribution in [3.8, 4) is 0 Å². The van der Waals surface area contributed by atoms with Crippen molar-refractivity contribution in [3.63, 3.8) is 0 Å². The molecule has 0 spiro atoms. The monoisotopic (exact) mass is 301 g/mol. The largest absolute Gasteiger partial charge is 0.398 e. The van der Waals surface area contributed by atoms with E-state index >= 15 is 0 Å². The molecule has 1 amide bonds. The summed E-state index contributed by atoms with van der Waals surface area (Å²) in [4.78, 5) is 22.2. The Labute approximate surface area is 126 Å². The van der Waals surface area contributed by atoms with Crippen LogP contribution >= 0.6 is 0 Å². The molecule has 2 aromatic carbocycles. The van der Waals surface area contributed by atoms with Gasteiger partial charge in [0.05, 0.1) is 16.2 Å². The third kappa shape index (κ3) is 3.58. The molecule has 0 aromatic heterocycles. The SMILES string of the molecule is Nc1cc([N+](=O)[O-])ccc1C(=O)Nc1ccc(CCO)cc1. The molecule has 2 rings (SSSR count). The van der Waals surface area contributed by atoms with Crippen LogP contribution in [0, 0.1) is 10.1 Å². The maximum atomic E-state index is 12.1. The Kier molecular flexibility index (Phi) is 4.70. The van der Waals surface area contributed by atoms with Gasteiger partial charge in [0.2, 0.25) is 0 Å². The number of nitrogen functional groups attached to an aromatic ring is 1. The van der Waals surface area contributed by atoms with Crippen LogP contribution in [-0.4, -0.2) is 22.5 Å². The minimum atomic E-state index is -0.571. The molecule has 2 aromatic rings. The van der Waals surface area contributed by atoms with Crippen LogP contribution in [0.5, 0.6) is 0 Å². The molecule has 0 fully saturated rings. The number of nitrogens with zero attached hydrogens (tertiary/aromatic N) is 1. The average Bonchev–Trinajstić information content (AvgIpc) is 2.49. The van der Waals surface area contributed by atoms with Crippen LogP contribution < -0.4 is 11.1 Å². The Morgan fingerprint density at radius 2 is 1.91 bits per heavy atom.